The molecule has 1 aromatic rings. The summed E-state index contributed by atoms with van der Waals surface area (Å²) in [5.74, 6) is -1.18. The predicted molar refractivity (Wildman–Crippen MR) is 104 cm³/mol. The highest BCUT2D eigenvalue weighted by Gasteiger charge is 2.20. The van der Waals surface area contributed by atoms with E-state index in [0.29, 0.717) is 24.4 Å². The fourth-order valence-electron chi connectivity index (χ4n) is 3.43. The molecule has 1 aromatic carbocycles. The Bertz CT molecular complexity index is 651. The third kappa shape index (κ3) is 7.04. The van der Waals surface area contributed by atoms with Crippen molar-refractivity contribution in [2.45, 2.75) is 64.8 Å². The van der Waals surface area contributed by atoms with Gasteiger partial charge in [0.25, 0.3) is 0 Å². The highest BCUT2D eigenvalue weighted by Crippen LogP contribution is 2.26. The third-order valence-corrected chi connectivity index (χ3v) is 5.15. The first-order valence-electron chi connectivity index (χ1n) is 9.77. The standard InChI is InChI=1S/C21H30N2O4/c1-14(21(26)27)12-17-8-10-18(11-9-17)23-20(25)15(2)22-19(24)13-16-6-4-3-5-7-16/h8-11,14-16H,3-7,12-13H2,1-2H3,(H,22,24)(H,23,25)(H,26,27). The lowest BCUT2D eigenvalue weighted by Crippen LogP contribution is -2.42. The van der Waals surface area contributed by atoms with Gasteiger partial charge in [-0.15, -0.1) is 0 Å². The molecule has 1 aliphatic rings. The number of carboxylic acid groups (broad SMARTS) is 1. The van der Waals surface area contributed by atoms with Crippen molar-refractivity contribution >= 4 is 23.5 Å². The summed E-state index contributed by atoms with van der Waals surface area (Å²) in [7, 11) is 0. The van der Waals surface area contributed by atoms with Gasteiger partial charge < -0.3 is 15.7 Å². The van der Waals surface area contributed by atoms with Crippen molar-refractivity contribution in [1.29, 1.82) is 0 Å². The summed E-state index contributed by atoms with van der Waals surface area (Å²) in [6.45, 7) is 3.34. The van der Waals surface area contributed by atoms with Gasteiger partial charge in [0.2, 0.25) is 11.8 Å². The number of nitrogens with one attached hydrogen (secondary N) is 2. The summed E-state index contributed by atoms with van der Waals surface area (Å²) < 4.78 is 0. The molecule has 6 nitrogen and oxygen atoms in total. The second-order valence-corrected chi connectivity index (χ2v) is 7.63. The Hall–Kier alpha value is -2.37. The molecule has 2 atom stereocenters. The minimum atomic E-state index is -0.829. The topological polar surface area (TPSA) is 95.5 Å². The number of benzene rings is 1. The first kappa shape index (κ1) is 20.9. The highest BCUT2D eigenvalue weighted by atomic mass is 16.4. The Labute approximate surface area is 160 Å². The molecular weight excluding hydrogens is 344 g/mol. The molecule has 2 amide bonds. The molecule has 1 saturated carbocycles. The van der Waals surface area contributed by atoms with Crippen LogP contribution in [-0.4, -0.2) is 28.9 Å². The van der Waals surface area contributed by atoms with Crippen molar-refractivity contribution in [2.75, 3.05) is 5.32 Å². The van der Waals surface area contributed by atoms with Gasteiger partial charge in [0.05, 0.1) is 5.92 Å². The Morgan fingerprint density at radius 2 is 1.70 bits per heavy atom. The maximum Gasteiger partial charge on any atom is 0.306 e. The molecule has 2 rings (SSSR count). The van der Waals surface area contributed by atoms with Gasteiger partial charge in [-0.25, -0.2) is 0 Å². The maximum atomic E-state index is 12.3. The van der Waals surface area contributed by atoms with Crippen molar-refractivity contribution in [3.8, 4) is 0 Å². The van der Waals surface area contributed by atoms with E-state index in [-0.39, 0.29) is 11.8 Å². The fourth-order valence-corrected chi connectivity index (χ4v) is 3.43. The van der Waals surface area contributed by atoms with Gasteiger partial charge in [0.1, 0.15) is 6.04 Å². The number of hydrogen-bond acceptors (Lipinski definition) is 3. The third-order valence-electron chi connectivity index (χ3n) is 5.15. The lowest BCUT2D eigenvalue weighted by Gasteiger charge is -2.22. The summed E-state index contributed by atoms with van der Waals surface area (Å²) >= 11 is 0. The summed E-state index contributed by atoms with van der Waals surface area (Å²) in [6, 6.07) is 6.51. The molecule has 0 heterocycles. The molecule has 27 heavy (non-hydrogen) atoms. The van der Waals surface area contributed by atoms with E-state index in [9.17, 15) is 14.4 Å². The highest BCUT2D eigenvalue weighted by molar-refractivity contribution is 5.96. The van der Waals surface area contributed by atoms with Crippen LogP contribution >= 0.6 is 0 Å². The van der Waals surface area contributed by atoms with Crippen LogP contribution < -0.4 is 10.6 Å². The molecule has 0 saturated heterocycles. The van der Waals surface area contributed by atoms with Gasteiger partial charge in [-0.2, -0.15) is 0 Å². The van der Waals surface area contributed by atoms with E-state index in [1.54, 1.807) is 38.1 Å². The molecule has 1 fully saturated rings. The molecule has 3 N–H and O–H groups in total. The lowest BCUT2D eigenvalue weighted by atomic mass is 9.87. The van der Waals surface area contributed by atoms with Crippen LogP contribution in [0.15, 0.2) is 24.3 Å². The number of hydrogen-bond donors (Lipinski definition) is 3. The second-order valence-electron chi connectivity index (χ2n) is 7.63. The zero-order chi connectivity index (χ0) is 19.8. The van der Waals surface area contributed by atoms with Gasteiger partial charge in [-0.1, -0.05) is 38.3 Å². The van der Waals surface area contributed by atoms with Crippen LogP contribution in [0.5, 0.6) is 0 Å². The number of aliphatic carboxylic acids is 1. The number of anilines is 1. The van der Waals surface area contributed by atoms with E-state index in [1.165, 1.54) is 19.3 Å². The van der Waals surface area contributed by atoms with Crippen molar-refractivity contribution in [1.82, 2.24) is 5.32 Å². The average molecular weight is 374 g/mol. The van der Waals surface area contributed by atoms with E-state index in [0.717, 1.165) is 18.4 Å². The van der Waals surface area contributed by atoms with Crippen LogP contribution in [0.3, 0.4) is 0 Å². The van der Waals surface area contributed by atoms with Gasteiger partial charge in [0, 0.05) is 12.1 Å². The smallest absolute Gasteiger partial charge is 0.306 e. The van der Waals surface area contributed by atoms with Crippen LogP contribution in [0, 0.1) is 11.8 Å². The van der Waals surface area contributed by atoms with Gasteiger partial charge in [-0.05, 0) is 49.8 Å². The first-order chi connectivity index (χ1) is 12.8. The van der Waals surface area contributed by atoms with Crippen molar-refractivity contribution in [3.05, 3.63) is 29.8 Å². The van der Waals surface area contributed by atoms with Crippen LogP contribution in [0.1, 0.15) is 57.9 Å². The molecule has 1 aliphatic carbocycles. The molecule has 0 radical (unpaired) electrons. The predicted octanol–water partition coefficient (Wildman–Crippen LogP) is 3.36. The maximum absolute atomic E-state index is 12.3. The quantitative estimate of drug-likeness (QED) is 0.650. The average Bonchev–Trinajstić information content (AvgIpc) is 2.63. The monoisotopic (exact) mass is 374 g/mol. The van der Waals surface area contributed by atoms with Gasteiger partial charge in [-0.3, -0.25) is 14.4 Å². The van der Waals surface area contributed by atoms with Crippen molar-refractivity contribution < 1.29 is 19.5 Å². The minimum Gasteiger partial charge on any atom is -0.481 e. The van der Waals surface area contributed by atoms with E-state index >= 15 is 0 Å². The fraction of sp³-hybridized carbons (Fsp3) is 0.571. The molecule has 6 heteroatoms. The van der Waals surface area contributed by atoms with Crippen LogP contribution in [0.2, 0.25) is 0 Å². The number of carboxylic acids is 1. The zero-order valence-electron chi connectivity index (χ0n) is 16.2. The summed E-state index contributed by atoms with van der Waals surface area (Å²) in [5, 5.41) is 14.5. The number of carbonyl (C=O) groups is 3. The number of rotatable bonds is 8. The lowest BCUT2D eigenvalue weighted by molar-refractivity contribution is -0.141. The second kappa shape index (κ2) is 10.1. The largest absolute Gasteiger partial charge is 0.481 e. The Morgan fingerprint density at radius 1 is 1.07 bits per heavy atom. The van der Waals surface area contributed by atoms with Crippen LogP contribution in [0.4, 0.5) is 5.69 Å². The van der Waals surface area contributed by atoms with Crippen molar-refractivity contribution in [3.63, 3.8) is 0 Å². The Kier molecular flexibility index (Phi) is 7.82. The molecule has 0 aliphatic heterocycles. The van der Waals surface area contributed by atoms with E-state index in [2.05, 4.69) is 10.6 Å². The normalized spacial score (nSPS) is 17.0. The number of carbonyl (C=O) groups excluding carboxylic acids is 2. The zero-order valence-corrected chi connectivity index (χ0v) is 16.2. The Morgan fingerprint density at radius 3 is 2.30 bits per heavy atom. The molecule has 0 aromatic heterocycles. The first-order valence-corrected chi connectivity index (χ1v) is 9.77. The molecule has 2 unspecified atom stereocenters. The van der Waals surface area contributed by atoms with Gasteiger partial charge >= 0.3 is 5.97 Å². The number of amides is 2. The molecule has 0 bridgehead atoms. The molecular formula is C21H30N2O4. The summed E-state index contributed by atoms with van der Waals surface area (Å²) in [4.78, 5) is 35.3. The van der Waals surface area contributed by atoms with E-state index < -0.39 is 17.9 Å². The Balaban J connectivity index is 1.79. The summed E-state index contributed by atoms with van der Waals surface area (Å²) in [6.07, 6.45) is 6.77. The van der Waals surface area contributed by atoms with E-state index in [4.69, 9.17) is 5.11 Å². The summed E-state index contributed by atoms with van der Waals surface area (Å²) in [5.41, 5.74) is 1.52. The van der Waals surface area contributed by atoms with Gasteiger partial charge in [0.15, 0.2) is 0 Å². The molecule has 0 spiro atoms. The molecule has 148 valence electrons. The van der Waals surface area contributed by atoms with Crippen LogP contribution in [-0.2, 0) is 20.8 Å². The van der Waals surface area contributed by atoms with E-state index in [1.807, 2.05) is 0 Å². The SMILES string of the molecule is CC(Cc1ccc(NC(=O)C(C)NC(=O)CC2CCCCC2)cc1)C(=O)O. The van der Waals surface area contributed by atoms with Crippen LogP contribution in [0.25, 0.3) is 0 Å². The minimum absolute atomic E-state index is 0.0671. The van der Waals surface area contributed by atoms with Crippen molar-refractivity contribution in [2.24, 2.45) is 11.8 Å².